The number of amides is 1. The lowest BCUT2D eigenvalue weighted by atomic mass is 9.88. The highest BCUT2D eigenvalue weighted by atomic mass is 35.5. The number of carbonyl (C=O) groups excluding carboxylic acids is 2. The van der Waals surface area contributed by atoms with Gasteiger partial charge in [0.15, 0.2) is 5.78 Å². The minimum Gasteiger partial charge on any atom is -0.369 e. The molecule has 0 radical (unpaired) electrons. The Balaban J connectivity index is 1.78. The number of hydrogen-bond acceptors (Lipinski definition) is 4. The number of nitrogens with one attached hydrogen (secondary N) is 1. The van der Waals surface area contributed by atoms with Crippen LogP contribution in [-0.2, 0) is 4.79 Å². The summed E-state index contributed by atoms with van der Waals surface area (Å²) in [7, 11) is 4.31. The van der Waals surface area contributed by atoms with Crippen LogP contribution in [-0.4, -0.2) is 55.9 Å². The molecule has 2 aliphatic rings. The Hall–Kier alpha value is -2.11. The van der Waals surface area contributed by atoms with Gasteiger partial charge in [-0.15, -0.1) is 0 Å². The van der Waals surface area contributed by atoms with Crippen molar-refractivity contribution in [1.82, 2.24) is 10.2 Å². The Morgan fingerprint density at radius 2 is 1.73 bits per heavy atom. The van der Waals surface area contributed by atoms with Crippen molar-refractivity contribution in [3.63, 3.8) is 0 Å². The number of anilines is 1. The molecule has 1 N–H and O–H groups in total. The molecule has 1 amide bonds. The molecule has 1 fully saturated rings. The second kappa shape index (κ2) is 10.9. The van der Waals surface area contributed by atoms with Gasteiger partial charge < -0.3 is 15.1 Å². The lowest BCUT2D eigenvalue weighted by Gasteiger charge is -2.40. The van der Waals surface area contributed by atoms with Crippen molar-refractivity contribution in [3.05, 3.63) is 51.1 Å². The first-order chi connectivity index (χ1) is 15.6. The predicted molar refractivity (Wildman–Crippen MR) is 137 cm³/mol. The van der Waals surface area contributed by atoms with Crippen molar-refractivity contribution in [2.45, 2.75) is 71.9 Å². The van der Waals surface area contributed by atoms with E-state index in [1.165, 1.54) is 12.8 Å². The van der Waals surface area contributed by atoms with Gasteiger partial charge in [0.05, 0.1) is 0 Å². The molecule has 6 heteroatoms. The average Bonchev–Trinajstić information content (AvgIpc) is 2.75. The summed E-state index contributed by atoms with van der Waals surface area (Å²) >= 11 is 6.50. The number of nitrogens with zero attached hydrogens (tertiary/aromatic N) is 2. The summed E-state index contributed by atoms with van der Waals surface area (Å²) in [4.78, 5) is 30.3. The van der Waals surface area contributed by atoms with E-state index in [9.17, 15) is 9.59 Å². The van der Waals surface area contributed by atoms with Gasteiger partial charge in [0.25, 0.3) is 5.91 Å². The maximum atomic E-state index is 13.2. The molecule has 1 aromatic rings. The first-order valence-electron chi connectivity index (χ1n) is 12.0. The van der Waals surface area contributed by atoms with Gasteiger partial charge in [-0.25, -0.2) is 0 Å². The fourth-order valence-corrected chi connectivity index (χ4v) is 5.52. The van der Waals surface area contributed by atoms with Gasteiger partial charge >= 0.3 is 0 Å². The quantitative estimate of drug-likeness (QED) is 0.585. The van der Waals surface area contributed by atoms with Crippen molar-refractivity contribution in [1.29, 1.82) is 0 Å². The Labute approximate surface area is 203 Å². The summed E-state index contributed by atoms with van der Waals surface area (Å²) in [6, 6.07) is 4.81. The third-order valence-corrected chi connectivity index (χ3v) is 7.46. The summed E-state index contributed by atoms with van der Waals surface area (Å²) in [5, 5.41) is 3.52. The van der Waals surface area contributed by atoms with Gasteiger partial charge in [0.2, 0.25) is 0 Å². The van der Waals surface area contributed by atoms with Crippen molar-refractivity contribution in [2.75, 3.05) is 32.1 Å². The topological polar surface area (TPSA) is 52.7 Å². The van der Waals surface area contributed by atoms with Crippen LogP contribution in [0.2, 0.25) is 5.02 Å². The van der Waals surface area contributed by atoms with Crippen molar-refractivity contribution < 1.29 is 9.59 Å². The average molecular weight is 472 g/mol. The highest BCUT2D eigenvalue weighted by molar-refractivity contribution is 6.31. The Morgan fingerprint density at radius 3 is 2.30 bits per heavy atom. The number of allylic oxidation sites excluding steroid dienone is 3. The van der Waals surface area contributed by atoms with E-state index in [0.717, 1.165) is 48.2 Å². The molecule has 33 heavy (non-hydrogen) atoms. The Kier molecular flexibility index (Phi) is 8.41. The number of hydrogen-bond donors (Lipinski definition) is 1. The van der Waals surface area contributed by atoms with Gasteiger partial charge in [-0.3, -0.25) is 9.59 Å². The van der Waals surface area contributed by atoms with Crippen LogP contribution in [0.4, 0.5) is 5.69 Å². The van der Waals surface area contributed by atoms with Crippen LogP contribution in [0.15, 0.2) is 34.9 Å². The monoisotopic (exact) mass is 471 g/mol. The zero-order valence-corrected chi connectivity index (χ0v) is 21.7. The number of carbonyl (C=O) groups is 2. The number of benzene rings is 1. The zero-order valence-electron chi connectivity index (χ0n) is 20.9. The van der Waals surface area contributed by atoms with Crippen molar-refractivity contribution in [2.24, 2.45) is 0 Å². The largest absolute Gasteiger partial charge is 0.369 e. The van der Waals surface area contributed by atoms with Crippen LogP contribution >= 0.6 is 11.6 Å². The number of rotatable bonds is 7. The van der Waals surface area contributed by atoms with E-state index in [0.29, 0.717) is 28.2 Å². The lowest BCUT2D eigenvalue weighted by molar-refractivity contribution is -0.111. The zero-order chi connectivity index (χ0) is 24.3. The maximum Gasteiger partial charge on any atom is 0.251 e. The summed E-state index contributed by atoms with van der Waals surface area (Å²) in [5.74, 6) is -0.200. The molecule has 2 aliphatic carbocycles. The highest BCUT2D eigenvalue weighted by Gasteiger charge is 2.28. The molecule has 0 atom stereocenters. The SMILES string of the molecule is CCN(c1cc(Cl)cc(C(=O)NCC2=C(C)CC(C)=CC2=O)c1C)C1CCC(N(C)C)CC1. The lowest BCUT2D eigenvalue weighted by Crippen LogP contribution is -2.42. The summed E-state index contributed by atoms with van der Waals surface area (Å²) < 4.78 is 0. The minimum absolute atomic E-state index is 0.00876. The van der Waals surface area contributed by atoms with E-state index in [-0.39, 0.29) is 18.2 Å². The van der Waals surface area contributed by atoms with Crippen molar-refractivity contribution in [3.8, 4) is 0 Å². The molecule has 0 aliphatic heterocycles. The summed E-state index contributed by atoms with van der Waals surface area (Å²) in [6.45, 7) is 9.18. The fourth-order valence-electron chi connectivity index (χ4n) is 5.31. The van der Waals surface area contributed by atoms with Gasteiger partial charge in [-0.05, 0) is 97.7 Å². The normalized spacial score (nSPS) is 21.3. The van der Waals surface area contributed by atoms with Crippen LogP contribution in [0.1, 0.15) is 68.8 Å². The number of halogens is 1. The summed E-state index contributed by atoms with van der Waals surface area (Å²) in [6.07, 6.45) is 7.06. The third-order valence-electron chi connectivity index (χ3n) is 7.24. The highest BCUT2D eigenvalue weighted by Crippen LogP contribution is 2.34. The first-order valence-corrected chi connectivity index (χ1v) is 12.4. The van der Waals surface area contributed by atoms with Gasteiger partial charge in [-0.1, -0.05) is 22.7 Å². The molecule has 0 unspecified atom stereocenters. The van der Waals surface area contributed by atoms with E-state index in [1.54, 1.807) is 12.1 Å². The predicted octanol–water partition coefficient (Wildman–Crippen LogP) is 5.31. The van der Waals surface area contributed by atoms with Crippen LogP contribution in [0.5, 0.6) is 0 Å². The molecule has 180 valence electrons. The number of ketones is 1. The van der Waals surface area contributed by atoms with E-state index >= 15 is 0 Å². The molecule has 3 rings (SSSR count). The third kappa shape index (κ3) is 5.88. The standard InChI is InChI=1S/C27H38ClN3O2/c1-7-31(22-10-8-21(9-11-22)30(5)6)25-15-20(28)14-23(19(25)4)27(33)29-16-24-18(3)12-17(2)13-26(24)32/h13-15,21-22H,7-12,16H2,1-6H3,(H,29,33). The van der Waals surface area contributed by atoms with Crippen molar-refractivity contribution >= 4 is 29.0 Å². The van der Waals surface area contributed by atoms with E-state index < -0.39 is 0 Å². The molecule has 1 aromatic carbocycles. The molecular weight excluding hydrogens is 434 g/mol. The molecule has 0 bridgehead atoms. The molecular formula is C27H38ClN3O2. The second-order valence-electron chi connectivity index (χ2n) is 9.78. The van der Waals surface area contributed by atoms with E-state index in [1.807, 2.05) is 26.8 Å². The first kappa shape index (κ1) is 25.5. The second-order valence-corrected chi connectivity index (χ2v) is 10.2. The minimum atomic E-state index is -0.192. The molecule has 0 saturated heterocycles. The fraction of sp³-hybridized carbons (Fsp3) is 0.556. The summed E-state index contributed by atoms with van der Waals surface area (Å²) in [5.41, 5.74) is 5.31. The smallest absolute Gasteiger partial charge is 0.251 e. The van der Waals surface area contributed by atoms with E-state index in [2.05, 4.69) is 36.1 Å². The van der Waals surface area contributed by atoms with Gasteiger partial charge in [0, 0.05) is 47.0 Å². The van der Waals surface area contributed by atoms with Crippen LogP contribution in [0.25, 0.3) is 0 Å². The van der Waals surface area contributed by atoms with Crippen LogP contribution in [0, 0.1) is 6.92 Å². The molecule has 1 saturated carbocycles. The molecule has 0 spiro atoms. The molecule has 5 nitrogen and oxygen atoms in total. The van der Waals surface area contributed by atoms with Gasteiger partial charge in [-0.2, -0.15) is 0 Å². The molecule has 0 aromatic heterocycles. The van der Waals surface area contributed by atoms with Crippen LogP contribution < -0.4 is 10.2 Å². The molecule has 0 heterocycles. The Morgan fingerprint density at radius 1 is 1.09 bits per heavy atom. The maximum absolute atomic E-state index is 13.2. The van der Waals surface area contributed by atoms with Crippen LogP contribution in [0.3, 0.4) is 0 Å². The van der Waals surface area contributed by atoms with Gasteiger partial charge in [0.1, 0.15) is 0 Å². The van der Waals surface area contributed by atoms with E-state index in [4.69, 9.17) is 11.6 Å². The Bertz CT molecular complexity index is 972.